The van der Waals surface area contributed by atoms with Crippen molar-refractivity contribution in [1.29, 1.82) is 0 Å². The first-order chi connectivity index (χ1) is 8.33. The topological polar surface area (TPSA) is 29.5 Å². The van der Waals surface area contributed by atoms with Crippen LogP contribution in [0.3, 0.4) is 0 Å². The molecule has 1 unspecified atom stereocenters. The number of rotatable bonds is 7. The van der Waals surface area contributed by atoms with Crippen molar-refractivity contribution in [3.05, 3.63) is 0 Å². The normalized spacial score (nSPS) is 25.9. The fraction of sp³-hybridized carbons (Fsp3) is 0.917. The lowest BCUT2D eigenvalue weighted by Gasteiger charge is -2.43. The smallest absolute Gasteiger partial charge is 0.303 e. The van der Waals surface area contributed by atoms with Crippen LogP contribution in [0.4, 0.5) is 13.2 Å². The number of unbranched alkanes of at least 4 members (excludes halogenated alkanes) is 1. The molecule has 0 aromatic heterocycles. The van der Waals surface area contributed by atoms with E-state index in [0.29, 0.717) is 19.3 Å². The van der Waals surface area contributed by atoms with Gasteiger partial charge in [-0.05, 0) is 39.7 Å². The van der Waals surface area contributed by atoms with E-state index in [4.69, 9.17) is 0 Å². The van der Waals surface area contributed by atoms with E-state index >= 15 is 0 Å². The lowest BCUT2D eigenvalue weighted by atomic mass is 9.87. The van der Waals surface area contributed by atoms with Crippen LogP contribution in [0.2, 0.25) is 0 Å². The van der Waals surface area contributed by atoms with Gasteiger partial charge >= 0.3 is 6.36 Å². The SMILES string of the molecule is CC(CCCC=O)N(C)C1CC(OC(F)(F)F)C1. The predicted octanol–water partition coefficient (Wildman–Crippen LogP) is 2.74. The van der Waals surface area contributed by atoms with Crippen molar-refractivity contribution < 1.29 is 22.7 Å². The summed E-state index contributed by atoms with van der Waals surface area (Å²) in [7, 11) is 1.92. The quantitative estimate of drug-likeness (QED) is 0.524. The maximum atomic E-state index is 12.0. The van der Waals surface area contributed by atoms with Gasteiger partial charge in [0.2, 0.25) is 0 Å². The van der Waals surface area contributed by atoms with Gasteiger partial charge in [0.05, 0.1) is 6.10 Å². The summed E-state index contributed by atoms with van der Waals surface area (Å²) in [6, 6.07) is 0.436. The van der Waals surface area contributed by atoms with Crippen LogP contribution in [0.15, 0.2) is 0 Å². The first-order valence-electron chi connectivity index (χ1n) is 6.23. The number of aldehydes is 1. The number of hydrogen-bond acceptors (Lipinski definition) is 3. The highest BCUT2D eigenvalue weighted by Crippen LogP contribution is 2.33. The van der Waals surface area contributed by atoms with E-state index in [1.54, 1.807) is 0 Å². The molecule has 6 heteroatoms. The standard InChI is InChI=1S/C12H20F3NO2/c1-9(5-3-4-6-17)16(2)10-7-11(8-10)18-12(13,14)15/h6,9-11H,3-5,7-8H2,1-2H3. The number of ether oxygens (including phenoxy) is 1. The Hall–Kier alpha value is -0.620. The first kappa shape index (κ1) is 15.4. The van der Waals surface area contributed by atoms with Crippen molar-refractivity contribution in [2.24, 2.45) is 0 Å². The molecule has 0 aromatic carbocycles. The van der Waals surface area contributed by atoms with Gasteiger partial charge in [-0.25, -0.2) is 0 Å². The molecule has 1 rings (SSSR count). The minimum atomic E-state index is -4.52. The molecule has 1 saturated carbocycles. The van der Waals surface area contributed by atoms with E-state index in [1.807, 2.05) is 14.0 Å². The molecule has 0 spiro atoms. The molecule has 0 N–H and O–H groups in total. The molecule has 0 bridgehead atoms. The average molecular weight is 267 g/mol. The van der Waals surface area contributed by atoms with Crippen molar-refractivity contribution in [2.45, 2.75) is 63.6 Å². The fourth-order valence-corrected chi connectivity index (χ4v) is 2.22. The van der Waals surface area contributed by atoms with Gasteiger partial charge in [0.25, 0.3) is 0 Å². The van der Waals surface area contributed by atoms with E-state index in [1.165, 1.54) is 0 Å². The van der Waals surface area contributed by atoms with Crippen LogP contribution in [0, 0.1) is 0 Å². The lowest BCUT2D eigenvalue weighted by Crippen LogP contribution is -2.50. The molecule has 1 atom stereocenters. The monoisotopic (exact) mass is 267 g/mol. The third kappa shape index (κ3) is 4.94. The highest BCUT2D eigenvalue weighted by Gasteiger charge is 2.41. The minimum absolute atomic E-state index is 0.156. The second-order valence-electron chi connectivity index (χ2n) is 4.92. The Morgan fingerprint density at radius 2 is 2.06 bits per heavy atom. The van der Waals surface area contributed by atoms with Gasteiger partial charge in [0.15, 0.2) is 0 Å². The number of carbonyl (C=O) groups excluding carboxylic acids is 1. The molecular formula is C12H20F3NO2. The molecule has 1 fully saturated rings. The van der Waals surface area contributed by atoms with Gasteiger partial charge in [0.1, 0.15) is 6.29 Å². The van der Waals surface area contributed by atoms with Gasteiger partial charge in [-0.3, -0.25) is 4.74 Å². The van der Waals surface area contributed by atoms with Crippen LogP contribution in [-0.4, -0.2) is 42.8 Å². The van der Waals surface area contributed by atoms with Crippen LogP contribution in [0.25, 0.3) is 0 Å². The molecule has 1 aliphatic carbocycles. The summed E-state index contributed by atoms with van der Waals surface area (Å²) >= 11 is 0. The Kier molecular flexibility index (Phi) is 5.59. The molecular weight excluding hydrogens is 247 g/mol. The third-order valence-corrected chi connectivity index (χ3v) is 3.59. The zero-order valence-electron chi connectivity index (χ0n) is 10.7. The largest absolute Gasteiger partial charge is 0.522 e. The summed E-state index contributed by atoms with van der Waals surface area (Å²) in [6.45, 7) is 2.03. The number of nitrogens with zero attached hydrogens (tertiary/aromatic N) is 1. The molecule has 106 valence electrons. The Morgan fingerprint density at radius 1 is 1.44 bits per heavy atom. The highest BCUT2D eigenvalue weighted by atomic mass is 19.4. The third-order valence-electron chi connectivity index (χ3n) is 3.59. The zero-order chi connectivity index (χ0) is 13.8. The molecule has 0 amide bonds. The molecule has 0 aromatic rings. The molecule has 1 aliphatic rings. The maximum absolute atomic E-state index is 12.0. The fourth-order valence-electron chi connectivity index (χ4n) is 2.22. The minimum Gasteiger partial charge on any atom is -0.303 e. The van der Waals surface area contributed by atoms with Crippen LogP contribution in [0.5, 0.6) is 0 Å². The summed E-state index contributed by atoms with van der Waals surface area (Å²) in [5.41, 5.74) is 0. The molecule has 18 heavy (non-hydrogen) atoms. The van der Waals surface area contributed by atoms with Crippen LogP contribution >= 0.6 is 0 Å². The van der Waals surface area contributed by atoms with Crippen molar-refractivity contribution in [3.63, 3.8) is 0 Å². The Balaban J connectivity index is 2.21. The van der Waals surface area contributed by atoms with Crippen LogP contribution < -0.4 is 0 Å². The molecule has 0 aliphatic heterocycles. The van der Waals surface area contributed by atoms with E-state index in [2.05, 4.69) is 9.64 Å². The van der Waals surface area contributed by atoms with Gasteiger partial charge in [0, 0.05) is 18.5 Å². The number of alkyl halides is 3. The summed E-state index contributed by atoms with van der Waals surface area (Å²) in [4.78, 5) is 12.3. The zero-order valence-corrected chi connectivity index (χ0v) is 10.7. The second kappa shape index (κ2) is 6.52. The van der Waals surface area contributed by atoms with E-state index < -0.39 is 12.5 Å². The Bertz CT molecular complexity index is 265. The summed E-state index contributed by atoms with van der Waals surface area (Å²) in [5.74, 6) is 0. The van der Waals surface area contributed by atoms with Gasteiger partial charge in [-0.2, -0.15) is 0 Å². The molecule has 0 radical (unpaired) electrons. The summed E-state index contributed by atoms with van der Waals surface area (Å²) < 4.78 is 39.8. The van der Waals surface area contributed by atoms with Crippen molar-refractivity contribution >= 4 is 6.29 Å². The maximum Gasteiger partial charge on any atom is 0.522 e. The van der Waals surface area contributed by atoms with Gasteiger partial charge < -0.3 is 9.69 Å². The van der Waals surface area contributed by atoms with Gasteiger partial charge in [-0.1, -0.05) is 0 Å². The molecule has 0 saturated heterocycles. The second-order valence-corrected chi connectivity index (χ2v) is 4.92. The van der Waals surface area contributed by atoms with E-state index in [9.17, 15) is 18.0 Å². The summed E-state index contributed by atoms with van der Waals surface area (Å²) in [5, 5.41) is 0. The van der Waals surface area contributed by atoms with Crippen molar-refractivity contribution in [1.82, 2.24) is 4.90 Å². The number of hydrogen-bond donors (Lipinski definition) is 0. The first-order valence-corrected chi connectivity index (χ1v) is 6.23. The molecule has 3 nitrogen and oxygen atoms in total. The van der Waals surface area contributed by atoms with E-state index in [-0.39, 0.29) is 12.1 Å². The average Bonchev–Trinajstić information content (AvgIpc) is 2.20. The van der Waals surface area contributed by atoms with Crippen LogP contribution in [0.1, 0.15) is 39.0 Å². The number of halogens is 3. The summed E-state index contributed by atoms with van der Waals surface area (Å²) in [6.07, 6.45) is -1.22. The van der Waals surface area contributed by atoms with Gasteiger partial charge in [-0.15, -0.1) is 13.2 Å². The van der Waals surface area contributed by atoms with Crippen molar-refractivity contribution in [3.8, 4) is 0 Å². The lowest BCUT2D eigenvalue weighted by molar-refractivity contribution is -0.354. The molecule has 0 heterocycles. The van der Waals surface area contributed by atoms with E-state index in [0.717, 1.165) is 19.1 Å². The predicted molar refractivity (Wildman–Crippen MR) is 61.1 cm³/mol. The number of carbonyl (C=O) groups is 1. The Labute approximate surface area is 105 Å². The van der Waals surface area contributed by atoms with Crippen molar-refractivity contribution in [2.75, 3.05) is 7.05 Å². The Morgan fingerprint density at radius 3 is 2.56 bits per heavy atom. The van der Waals surface area contributed by atoms with Crippen LogP contribution in [-0.2, 0) is 9.53 Å². The highest BCUT2D eigenvalue weighted by molar-refractivity contribution is 5.48.